The Labute approximate surface area is 121 Å². The summed E-state index contributed by atoms with van der Waals surface area (Å²) in [6.07, 6.45) is 0.564. The molecule has 0 bridgehead atoms. The lowest BCUT2D eigenvalue weighted by atomic mass is 10.1. The van der Waals surface area contributed by atoms with Crippen LogP contribution in [0, 0.1) is 5.82 Å². The summed E-state index contributed by atoms with van der Waals surface area (Å²) in [4.78, 5) is 22.4. The Morgan fingerprint density at radius 3 is 2.48 bits per heavy atom. The minimum absolute atomic E-state index is 0.143. The van der Waals surface area contributed by atoms with Crippen molar-refractivity contribution in [3.8, 4) is 11.3 Å². The third kappa shape index (κ3) is 3.56. The minimum Gasteiger partial charge on any atom is -0.456 e. The lowest BCUT2D eigenvalue weighted by Gasteiger charge is -2.19. The van der Waals surface area contributed by atoms with Gasteiger partial charge in [-0.25, -0.2) is 9.18 Å². The molecule has 1 aromatic carbocycles. The van der Waals surface area contributed by atoms with Crippen molar-refractivity contribution in [2.24, 2.45) is 0 Å². The first-order valence-corrected chi connectivity index (χ1v) is 6.38. The number of hydrogen-bond donors (Lipinski definition) is 0. The number of aldehydes is 1. The molecule has 0 atom stereocenters. The van der Waals surface area contributed by atoms with Crippen LogP contribution in [-0.4, -0.2) is 17.9 Å². The van der Waals surface area contributed by atoms with Gasteiger partial charge in [0.1, 0.15) is 17.2 Å². The largest absolute Gasteiger partial charge is 0.456 e. The van der Waals surface area contributed by atoms with E-state index in [4.69, 9.17) is 9.15 Å². The van der Waals surface area contributed by atoms with Crippen molar-refractivity contribution in [3.63, 3.8) is 0 Å². The van der Waals surface area contributed by atoms with Gasteiger partial charge in [-0.3, -0.25) is 4.79 Å². The smallest absolute Gasteiger partial charge is 0.341 e. The van der Waals surface area contributed by atoms with Gasteiger partial charge in [-0.1, -0.05) is 6.07 Å². The number of rotatable bonds is 3. The van der Waals surface area contributed by atoms with Crippen LogP contribution in [0.15, 0.2) is 34.7 Å². The number of esters is 1. The molecule has 0 spiro atoms. The van der Waals surface area contributed by atoms with Crippen molar-refractivity contribution in [3.05, 3.63) is 47.5 Å². The summed E-state index contributed by atoms with van der Waals surface area (Å²) >= 11 is 0. The summed E-state index contributed by atoms with van der Waals surface area (Å²) < 4.78 is 24.4. The fourth-order valence-corrected chi connectivity index (χ4v) is 1.74. The van der Waals surface area contributed by atoms with Gasteiger partial charge in [0.2, 0.25) is 0 Å². The van der Waals surface area contributed by atoms with Crippen LogP contribution < -0.4 is 0 Å². The summed E-state index contributed by atoms with van der Waals surface area (Å²) in [5.74, 6) is -0.918. The van der Waals surface area contributed by atoms with Gasteiger partial charge in [-0.2, -0.15) is 0 Å². The van der Waals surface area contributed by atoms with Crippen LogP contribution in [0.3, 0.4) is 0 Å². The van der Waals surface area contributed by atoms with Crippen molar-refractivity contribution >= 4 is 12.3 Å². The van der Waals surface area contributed by atoms with Gasteiger partial charge in [-0.15, -0.1) is 0 Å². The molecule has 0 aliphatic rings. The topological polar surface area (TPSA) is 56.5 Å². The molecule has 1 aromatic heterocycles. The lowest BCUT2D eigenvalue weighted by Crippen LogP contribution is -2.24. The second-order valence-corrected chi connectivity index (χ2v) is 5.52. The van der Waals surface area contributed by atoms with Crippen LogP contribution >= 0.6 is 0 Å². The van der Waals surface area contributed by atoms with Crippen molar-refractivity contribution in [2.45, 2.75) is 26.4 Å². The number of furan rings is 1. The first-order chi connectivity index (χ1) is 9.80. The van der Waals surface area contributed by atoms with E-state index in [1.165, 1.54) is 24.3 Å². The van der Waals surface area contributed by atoms with Gasteiger partial charge < -0.3 is 9.15 Å². The van der Waals surface area contributed by atoms with Gasteiger partial charge in [0.15, 0.2) is 12.0 Å². The highest BCUT2D eigenvalue weighted by Gasteiger charge is 2.21. The summed E-state index contributed by atoms with van der Waals surface area (Å²) in [6, 6.07) is 7.10. The van der Waals surface area contributed by atoms with Crippen molar-refractivity contribution in [1.82, 2.24) is 0 Å². The van der Waals surface area contributed by atoms with Crippen LogP contribution in [0.4, 0.5) is 4.39 Å². The second-order valence-electron chi connectivity index (χ2n) is 5.52. The Bertz CT molecular complexity index is 680. The summed E-state index contributed by atoms with van der Waals surface area (Å²) in [6.45, 7) is 5.13. The standard InChI is InChI=1S/C16H15FO4/c1-16(2,3)21-15(19)12-6-4-10(8-13(12)17)14-7-5-11(9-18)20-14/h4-9H,1-3H3. The van der Waals surface area contributed by atoms with E-state index in [9.17, 15) is 14.0 Å². The first-order valence-electron chi connectivity index (χ1n) is 6.38. The quantitative estimate of drug-likeness (QED) is 0.636. The fourth-order valence-electron chi connectivity index (χ4n) is 1.74. The molecule has 1 heterocycles. The predicted octanol–water partition coefficient (Wildman–Crippen LogP) is 3.85. The van der Waals surface area contributed by atoms with E-state index < -0.39 is 17.4 Å². The maximum absolute atomic E-state index is 14.0. The molecule has 5 heteroatoms. The Hall–Kier alpha value is -2.43. The molecule has 0 saturated carbocycles. The molecular weight excluding hydrogens is 275 g/mol. The van der Waals surface area contributed by atoms with Crippen LogP contribution in [0.2, 0.25) is 0 Å². The zero-order valence-corrected chi connectivity index (χ0v) is 12.0. The molecule has 2 rings (SSSR count). The normalized spacial score (nSPS) is 11.2. The van der Waals surface area contributed by atoms with E-state index in [-0.39, 0.29) is 11.3 Å². The van der Waals surface area contributed by atoms with Gasteiger partial charge in [0.25, 0.3) is 0 Å². The fraction of sp³-hybridized carbons (Fsp3) is 0.250. The number of carbonyl (C=O) groups is 2. The Morgan fingerprint density at radius 2 is 1.95 bits per heavy atom. The van der Waals surface area contributed by atoms with Crippen LogP contribution in [-0.2, 0) is 4.74 Å². The molecule has 0 amide bonds. The molecule has 0 fully saturated rings. The number of hydrogen-bond acceptors (Lipinski definition) is 4. The molecule has 0 aliphatic heterocycles. The zero-order chi connectivity index (χ0) is 15.6. The van der Waals surface area contributed by atoms with Crippen LogP contribution in [0.5, 0.6) is 0 Å². The van der Waals surface area contributed by atoms with Crippen molar-refractivity contribution in [2.75, 3.05) is 0 Å². The van der Waals surface area contributed by atoms with Crippen molar-refractivity contribution in [1.29, 1.82) is 0 Å². The highest BCUT2D eigenvalue weighted by Crippen LogP contribution is 2.24. The van der Waals surface area contributed by atoms with Gasteiger partial charge in [0, 0.05) is 5.56 Å². The van der Waals surface area contributed by atoms with E-state index in [2.05, 4.69) is 0 Å². The SMILES string of the molecule is CC(C)(C)OC(=O)c1ccc(-c2ccc(C=O)o2)cc1F. The van der Waals surface area contributed by atoms with Gasteiger partial charge in [0.05, 0.1) is 5.56 Å². The maximum atomic E-state index is 14.0. The summed E-state index contributed by atoms with van der Waals surface area (Å²) in [5.41, 5.74) is -0.397. The van der Waals surface area contributed by atoms with E-state index in [0.29, 0.717) is 17.6 Å². The molecule has 110 valence electrons. The third-order valence-electron chi connectivity index (χ3n) is 2.62. The molecule has 2 aromatic rings. The average molecular weight is 290 g/mol. The number of ether oxygens (including phenoxy) is 1. The van der Waals surface area contributed by atoms with E-state index >= 15 is 0 Å². The second kappa shape index (κ2) is 5.52. The minimum atomic E-state index is -0.723. The molecule has 21 heavy (non-hydrogen) atoms. The van der Waals surface area contributed by atoms with Gasteiger partial charge in [-0.05, 0) is 45.0 Å². The average Bonchev–Trinajstić information content (AvgIpc) is 2.85. The Morgan fingerprint density at radius 1 is 1.24 bits per heavy atom. The maximum Gasteiger partial charge on any atom is 0.341 e. The zero-order valence-electron chi connectivity index (χ0n) is 12.0. The van der Waals surface area contributed by atoms with Crippen molar-refractivity contribution < 1.29 is 23.1 Å². The lowest BCUT2D eigenvalue weighted by molar-refractivity contribution is 0.00647. The number of carbonyl (C=O) groups excluding carboxylic acids is 2. The third-order valence-corrected chi connectivity index (χ3v) is 2.62. The molecule has 0 unspecified atom stereocenters. The summed E-state index contributed by atoms with van der Waals surface area (Å²) in [5, 5.41) is 0. The van der Waals surface area contributed by atoms with E-state index in [1.807, 2.05) is 0 Å². The summed E-state index contributed by atoms with van der Waals surface area (Å²) in [7, 11) is 0. The molecule has 0 saturated heterocycles. The highest BCUT2D eigenvalue weighted by molar-refractivity contribution is 5.90. The number of halogens is 1. The highest BCUT2D eigenvalue weighted by atomic mass is 19.1. The van der Waals surface area contributed by atoms with E-state index in [1.54, 1.807) is 26.8 Å². The Kier molecular flexibility index (Phi) is 3.93. The molecule has 4 nitrogen and oxygen atoms in total. The molecule has 0 radical (unpaired) electrons. The predicted molar refractivity (Wildman–Crippen MR) is 74.7 cm³/mol. The van der Waals surface area contributed by atoms with Gasteiger partial charge >= 0.3 is 5.97 Å². The number of benzene rings is 1. The molecule has 0 aliphatic carbocycles. The monoisotopic (exact) mass is 290 g/mol. The van der Waals surface area contributed by atoms with E-state index in [0.717, 1.165) is 0 Å². The Balaban J connectivity index is 2.29. The molecular formula is C16H15FO4. The first kappa shape index (κ1) is 15.0. The van der Waals surface area contributed by atoms with Crippen LogP contribution in [0.25, 0.3) is 11.3 Å². The molecule has 0 N–H and O–H groups in total. The van der Waals surface area contributed by atoms with Crippen LogP contribution in [0.1, 0.15) is 41.7 Å².